The highest BCUT2D eigenvalue weighted by Crippen LogP contribution is 2.09. The van der Waals surface area contributed by atoms with Crippen LogP contribution in [-0.2, 0) is 0 Å². The van der Waals surface area contributed by atoms with Crippen molar-refractivity contribution in [2.75, 3.05) is 6.61 Å². The summed E-state index contributed by atoms with van der Waals surface area (Å²) in [6, 6.07) is 0. The second kappa shape index (κ2) is 19.7. The first-order valence-corrected chi connectivity index (χ1v) is 9.02. The highest BCUT2D eigenvalue weighted by molar-refractivity contribution is 6.05. The molecule has 1 N–H and O–H groups in total. The van der Waals surface area contributed by atoms with Crippen LogP contribution in [0.1, 0.15) is 71.1 Å². The van der Waals surface area contributed by atoms with Crippen LogP contribution in [0, 0.1) is 0 Å². The van der Waals surface area contributed by atoms with E-state index in [0.717, 1.165) is 6.42 Å². The molecule has 0 aliphatic rings. The fraction of sp³-hybridized carbons (Fsp3) is 1.00. The van der Waals surface area contributed by atoms with E-state index in [-0.39, 0.29) is 0 Å². The minimum Gasteiger partial charge on any atom is -0.396 e. The maximum atomic E-state index is 8.57. The van der Waals surface area contributed by atoms with Crippen molar-refractivity contribution < 1.29 is 5.11 Å². The summed E-state index contributed by atoms with van der Waals surface area (Å²) in [6.07, 6.45) is 13.3. The predicted octanol–water partition coefficient (Wildman–Crippen LogP) is 3.30. The Morgan fingerprint density at radius 3 is 1.33 bits per heavy atom. The van der Waals surface area contributed by atoms with Crippen molar-refractivity contribution in [3.05, 3.63) is 0 Å². The van der Waals surface area contributed by atoms with E-state index < -0.39 is 0 Å². The lowest BCUT2D eigenvalue weighted by Gasteiger charge is -2.00. The zero-order valence-corrected chi connectivity index (χ0v) is 13.2. The molecule has 0 unspecified atom stereocenters. The third kappa shape index (κ3) is 20.3. The van der Waals surface area contributed by atoms with E-state index in [1.54, 1.807) is 0 Å². The molecule has 0 aromatic rings. The first-order chi connectivity index (χ1) is 7.41. The molecule has 0 amide bonds. The van der Waals surface area contributed by atoms with Gasteiger partial charge in [0.15, 0.2) is 0 Å². The lowest BCUT2D eigenvalue weighted by atomic mass is 10.1. The first kappa shape index (κ1) is 17.6. The molecule has 0 spiro atoms. The largest absolute Gasteiger partial charge is 0.396 e. The highest BCUT2D eigenvalue weighted by Gasteiger charge is 1.91. The van der Waals surface area contributed by atoms with E-state index in [4.69, 9.17) is 5.11 Å². The molecule has 15 heavy (non-hydrogen) atoms. The topological polar surface area (TPSA) is 20.2 Å². The molecule has 94 valence electrons. The Bertz CT molecular complexity index is 76.6. The predicted molar refractivity (Wildman–Crippen MR) is 74.7 cm³/mol. The van der Waals surface area contributed by atoms with Crippen LogP contribution in [0.4, 0.5) is 0 Å². The average Bonchev–Trinajstić information content (AvgIpc) is 2.30. The van der Waals surface area contributed by atoms with Gasteiger partial charge in [-0.05, 0) is 16.7 Å². The van der Waals surface area contributed by atoms with E-state index in [9.17, 15) is 0 Å². The van der Waals surface area contributed by atoms with Gasteiger partial charge in [0, 0.05) is 6.61 Å². The number of hydrogen-bond donors (Lipinski definition) is 1. The van der Waals surface area contributed by atoms with Gasteiger partial charge in [-0.25, -0.2) is 0 Å². The Labute approximate surface area is 100 Å². The van der Waals surface area contributed by atoms with Gasteiger partial charge in [0.05, 0.1) is 0 Å². The van der Waals surface area contributed by atoms with Gasteiger partial charge in [-0.1, -0.05) is 71.3 Å². The Balaban J connectivity index is 0. The molecule has 0 aliphatic heterocycles. The van der Waals surface area contributed by atoms with E-state index in [0.29, 0.717) is 6.61 Å². The Morgan fingerprint density at radius 1 is 0.667 bits per heavy atom. The SMILES string of the molecule is CCCCCCCCCCCCO.C[SiH3]. The van der Waals surface area contributed by atoms with E-state index in [2.05, 4.69) is 13.5 Å². The van der Waals surface area contributed by atoms with Gasteiger partial charge in [-0.3, -0.25) is 0 Å². The molecule has 0 aromatic carbocycles. The Kier molecular flexibility index (Phi) is 23.1. The number of rotatable bonds is 10. The Hall–Kier alpha value is 0.177. The second-order valence-corrected chi connectivity index (χ2v) is 3.91. The fourth-order valence-corrected chi connectivity index (χ4v) is 1.60. The molecule has 0 fully saturated rings. The van der Waals surface area contributed by atoms with Gasteiger partial charge in [0.25, 0.3) is 0 Å². The minimum atomic E-state index is 0.372. The zero-order chi connectivity index (χ0) is 11.8. The van der Waals surface area contributed by atoms with Crippen molar-refractivity contribution in [2.45, 2.75) is 77.7 Å². The smallest absolute Gasteiger partial charge is 0.0431 e. The summed E-state index contributed by atoms with van der Waals surface area (Å²) in [5, 5.41) is 8.57. The molecule has 0 rings (SSSR count). The van der Waals surface area contributed by atoms with Crippen molar-refractivity contribution in [3.8, 4) is 0 Å². The van der Waals surface area contributed by atoms with Crippen molar-refractivity contribution in [1.29, 1.82) is 0 Å². The first-order valence-electron chi connectivity index (χ1n) is 7.02. The maximum absolute atomic E-state index is 8.57. The van der Waals surface area contributed by atoms with Crippen LogP contribution in [0.25, 0.3) is 0 Å². The lowest BCUT2D eigenvalue weighted by molar-refractivity contribution is 0.282. The van der Waals surface area contributed by atoms with Crippen molar-refractivity contribution in [3.63, 3.8) is 0 Å². The molecule has 0 atom stereocenters. The monoisotopic (exact) mass is 232 g/mol. The number of aliphatic hydroxyl groups excluding tert-OH is 1. The molecular formula is C13H32OSi. The van der Waals surface area contributed by atoms with Crippen molar-refractivity contribution in [1.82, 2.24) is 0 Å². The third-order valence-corrected chi connectivity index (χ3v) is 2.51. The van der Waals surface area contributed by atoms with Crippen molar-refractivity contribution >= 4 is 10.2 Å². The van der Waals surface area contributed by atoms with E-state index in [1.807, 2.05) is 0 Å². The summed E-state index contributed by atoms with van der Waals surface area (Å²) < 4.78 is 0. The quantitative estimate of drug-likeness (QED) is 0.453. The summed E-state index contributed by atoms with van der Waals surface area (Å²) in [4.78, 5) is 0. The molecule has 0 aliphatic carbocycles. The van der Waals surface area contributed by atoms with Gasteiger partial charge in [0.2, 0.25) is 0 Å². The summed E-state index contributed by atoms with van der Waals surface area (Å²) in [5.41, 5.74) is 0. The molecular weight excluding hydrogens is 200 g/mol. The van der Waals surface area contributed by atoms with Crippen LogP contribution in [0.5, 0.6) is 0 Å². The van der Waals surface area contributed by atoms with Crippen LogP contribution in [0.3, 0.4) is 0 Å². The summed E-state index contributed by atoms with van der Waals surface area (Å²) in [7, 11) is 1.31. The fourth-order valence-electron chi connectivity index (χ4n) is 1.60. The summed E-state index contributed by atoms with van der Waals surface area (Å²) >= 11 is 0. The van der Waals surface area contributed by atoms with Gasteiger partial charge in [-0.2, -0.15) is 0 Å². The number of unbranched alkanes of at least 4 members (excludes halogenated alkanes) is 9. The molecule has 0 bridgehead atoms. The van der Waals surface area contributed by atoms with Gasteiger partial charge in [0.1, 0.15) is 0 Å². The molecule has 0 aromatic heterocycles. The van der Waals surface area contributed by atoms with Gasteiger partial charge >= 0.3 is 0 Å². The molecule has 1 nitrogen and oxygen atoms in total. The highest BCUT2D eigenvalue weighted by atomic mass is 28.1. The number of hydrogen-bond acceptors (Lipinski definition) is 1. The average molecular weight is 232 g/mol. The van der Waals surface area contributed by atoms with Gasteiger partial charge < -0.3 is 5.11 Å². The van der Waals surface area contributed by atoms with Crippen LogP contribution in [0.2, 0.25) is 6.55 Å². The number of aliphatic hydroxyl groups is 1. The third-order valence-electron chi connectivity index (χ3n) is 2.51. The van der Waals surface area contributed by atoms with Gasteiger partial charge in [-0.15, -0.1) is 0 Å². The maximum Gasteiger partial charge on any atom is 0.0431 e. The molecule has 0 saturated carbocycles. The second-order valence-electron chi connectivity index (χ2n) is 3.91. The van der Waals surface area contributed by atoms with Crippen LogP contribution >= 0.6 is 0 Å². The molecule has 2 heteroatoms. The Morgan fingerprint density at radius 2 is 1.00 bits per heavy atom. The van der Waals surface area contributed by atoms with E-state index >= 15 is 0 Å². The van der Waals surface area contributed by atoms with E-state index in [1.165, 1.54) is 68.0 Å². The molecule has 0 saturated heterocycles. The zero-order valence-electron chi connectivity index (χ0n) is 11.2. The van der Waals surface area contributed by atoms with Crippen LogP contribution in [0.15, 0.2) is 0 Å². The van der Waals surface area contributed by atoms with Crippen LogP contribution in [-0.4, -0.2) is 22.0 Å². The minimum absolute atomic E-state index is 0.372. The lowest BCUT2D eigenvalue weighted by Crippen LogP contribution is -1.84. The standard InChI is InChI=1S/C12H26O.CH6Si/c1-2-3-4-5-6-7-8-9-10-11-12-13;1-2/h13H,2-12H2,1H3;1-2H3. The summed E-state index contributed by atoms with van der Waals surface area (Å²) in [6.45, 7) is 4.77. The van der Waals surface area contributed by atoms with Crippen LogP contribution < -0.4 is 0 Å². The van der Waals surface area contributed by atoms with Crippen molar-refractivity contribution in [2.24, 2.45) is 0 Å². The molecule has 0 heterocycles. The normalized spacial score (nSPS) is 9.80. The summed E-state index contributed by atoms with van der Waals surface area (Å²) in [5.74, 6) is 0. The molecule has 0 radical (unpaired) electrons.